The van der Waals surface area contributed by atoms with E-state index in [9.17, 15) is 4.79 Å². The van der Waals surface area contributed by atoms with E-state index in [0.717, 1.165) is 6.42 Å². The summed E-state index contributed by atoms with van der Waals surface area (Å²) in [5.74, 6) is 1.17. The maximum absolute atomic E-state index is 12.2. The third-order valence-corrected chi connectivity index (χ3v) is 4.12. The molecule has 1 fully saturated rings. The Hall–Kier alpha value is -1.65. The van der Waals surface area contributed by atoms with E-state index >= 15 is 0 Å². The number of hydrogen-bond acceptors (Lipinski definition) is 4. The zero-order valence-electron chi connectivity index (χ0n) is 12.4. The van der Waals surface area contributed by atoms with E-state index in [4.69, 9.17) is 0 Å². The van der Waals surface area contributed by atoms with Crippen LogP contribution >= 0.6 is 0 Å². The highest BCUT2D eigenvalue weighted by Gasteiger charge is 2.24. The first-order valence-corrected chi connectivity index (χ1v) is 7.55. The Morgan fingerprint density at radius 2 is 2.05 bits per heavy atom. The van der Waals surface area contributed by atoms with Crippen molar-refractivity contribution in [3.63, 3.8) is 0 Å². The standard InChI is InChI=1S/C15H24N4O/c1-3-12(11-7-5-4-6-8-11)19-15(20)13-9-18-14(16-2)10-17-13/h9-12H,3-8H2,1-2H3,(H,16,18)(H,19,20). The molecule has 2 N–H and O–H groups in total. The molecule has 1 heterocycles. The van der Waals surface area contributed by atoms with Gasteiger partial charge in [0.2, 0.25) is 0 Å². The first kappa shape index (κ1) is 14.8. The van der Waals surface area contributed by atoms with Gasteiger partial charge in [-0.3, -0.25) is 4.79 Å². The molecule has 110 valence electrons. The fourth-order valence-corrected chi connectivity index (χ4v) is 2.91. The highest BCUT2D eigenvalue weighted by atomic mass is 16.1. The summed E-state index contributed by atoms with van der Waals surface area (Å²) in [4.78, 5) is 20.5. The lowest BCUT2D eigenvalue weighted by Gasteiger charge is -2.30. The number of rotatable bonds is 5. The molecule has 0 aromatic carbocycles. The van der Waals surface area contributed by atoms with Crippen LogP contribution in [0.5, 0.6) is 0 Å². The average molecular weight is 276 g/mol. The molecule has 1 unspecified atom stereocenters. The highest BCUT2D eigenvalue weighted by Crippen LogP contribution is 2.27. The zero-order valence-corrected chi connectivity index (χ0v) is 12.4. The number of carbonyl (C=O) groups excluding carboxylic acids is 1. The van der Waals surface area contributed by atoms with E-state index in [1.807, 2.05) is 0 Å². The van der Waals surface area contributed by atoms with Crippen LogP contribution in [0.1, 0.15) is 55.9 Å². The van der Waals surface area contributed by atoms with E-state index in [1.54, 1.807) is 13.2 Å². The topological polar surface area (TPSA) is 66.9 Å². The molecule has 1 atom stereocenters. The first-order valence-electron chi connectivity index (χ1n) is 7.55. The Labute approximate surface area is 120 Å². The molecule has 20 heavy (non-hydrogen) atoms. The third-order valence-electron chi connectivity index (χ3n) is 4.12. The molecular weight excluding hydrogens is 252 g/mol. The monoisotopic (exact) mass is 276 g/mol. The van der Waals surface area contributed by atoms with Crippen LogP contribution in [0.15, 0.2) is 12.4 Å². The second-order valence-electron chi connectivity index (χ2n) is 5.42. The Morgan fingerprint density at radius 3 is 2.60 bits per heavy atom. The van der Waals surface area contributed by atoms with Gasteiger partial charge < -0.3 is 10.6 Å². The second-order valence-corrected chi connectivity index (χ2v) is 5.42. The fourth-order valence-electron chi connectivity index (χ4n) is 2.91. The van der Waals surface area contributed by atoms with Gasteiger partial charge in [-0.15, -0.1) is 0 Å². The Morgan fingerprint density at radius 1 is 1.30 bits per heavy atom. The second kappa shape index (κ2) is 7.22. The molecule has 2 rings (SSSR count). The molecule has 0 saturated heterocycles. The first-order chi connectivity index (χ1) is 9.74. The van der Waals surface area contributed by atoms with E-state index in [-0.39, 0.29) is 11.9 Å². The number of aromatic nitrogens is 2. The zero-order chi connectivity index (χ0) is 14.4. The van der Waals surface area contributed by atoms with Gasteiger partial charge in [0.05, 0.1) is 12.4 Å². The predicted octanol–water partition coefficient (Wildman–Crippen LogP) is 2.61. The lowest BCUT2D eigenvalue weighted by Crippen LogP contribution is -2.41. The van der Waals surface area contributed by atoms with Crippen molar-refractivity contribution in [2.75, 3.05) is 12.4 Å². The fraction of sp³-hybridized carbons (Fsp3) is 0.667. The van der Waals surface area contributed by atoms with Crippen LogP contribution in [0.2, 0.25) is 0 Å². The van der Waals surface area contributed by atoms with Crippen LogP contribution in [-0.4, -0.2) is 29.0 Å². The molecule has 0 spiro atoms. The molecule has 1 aromatic rings. The molecule has 0 bridgehead atoms. The summed E-state index contributed by atoms with van der Waals surface area (Å²) in [7, 11) is 1.78. The minimum Gasteiger partial charge on any atom is -0.372 e. The van der Waals surface area contributed by atoms with Gasteiger partial charge >= 0.3 is 0 Å². The number of anilines is 1. The van der Waals surface area contributed by atoms with Gasteiger partial charge in [0.25, 0.3) is 5.91 Å². The number of hydrogen-bond donors (Lipinski definition) is 2. The number of nitrogens with zero attached hydrogens (tertiary/aromatic N) is 2. The van der Waals surface area contributed by atoms with E-state index in [0.29, 0.717) is 17.4 Å². The largest absolute Gasteiger partial charge is 0.372 e. The van der Waals surface area contributed by atoms with Crippen LogP contribution in [0.3, 0.4) is 0 Å². The summed E-state index contributed by atoms with van der Waals surface area (Å²) >= 11 is 0. The quantitative estimate of drug-likeness (QED) is 0.867. The van der Waals surface area contributed by atoms with Crippen LogP contribution in [0, 0.1) is 5.92 Å². The van der Waals surface area contributed by atoms with Crippen LogP contribution < -0.4 is 10.6 Å². The molecule has 0 radical (unpaired) electrons. The number of carbonyl (C=O) groups is 1. The van der Waals surface area contributed by atoms with Crippen molar-refractivity contribution in [3.8, 4) is 0 Å². The Balaban J connectivity index is 1.96. The summed E-state index contributed by atoms with van der Waals surface area (Å²) in [5, 5.41) is 6.02. The van der Waals surface area contributed by atoms with E-state index in [2.05, 4.69) is 27.5 Å². The smallest absolute Gasteiger partial charge is 0.271 e. The molecule has 1 aliphatic carbocycles. The summed E-state index contributed by atoms with van der Waals surface area (Å²) in [6, 6.07) is 0.258. The van der Waals surface area contributed by atoms with E-state index < -0.39 is 0 Å². The van der Waals surface area contributed by atoms with Crippen molar-refractivity contribution in [2.45, 2.75) is 51.5 Å². The molecule has 5 heteroatoms. The molecule has 0 aliphatic heterocycles. The predicted molar refractivity (Wildman–Crippen MR) is 79.7 cm³/mol. The van der Waals surface area contributed by atoms with Crippen molar-refractivity contribution in [1.82, 2.24) is 15.3 Å². The van der Waals surface area contributed by atoms with Crippen LogP contribution in [-0.2, 0) is 0 Å². The summed E-state index contributed by atoms with van der Waals surface area (Å²) in [6.07, 6.45) is 10.4. The SMILES string of the molecule is CCC(NC(=O)c1cnc(NC)cn1)C1CCCCC1. The molecule has 1 aromatic heterocycles. The van der Waals surface area contributed by atoms with E-state index in [1.165, 1.54) is 38.3 Å². The van der Waals surface area contributed by atoms with Gasteiger partial charge in [-0.05, 0) is 25.2 Å². The van der Waals surface area contributed by atoms with Crippen LogP contribution in [0.4, 0.5) is 5.82 Å². The molecule has 1 saturated carbocycles. The maximum atomic E-state index is 12.2. The van der Waals surface area contributed by atoms with Crippen molar-refractivity contribution in [3.05, 3.63) is 18.1 Å². The van der Waals surface area contributed by atoms with Crippen molar-refractivity contribution >= 4 is 11.7 Å². The molecule has 1 aliphatic rings. The minimum atomic E-state index is -0.113. The van der Waals surface area contributed by atoms with Crippen molar-refractivity contribution in [1.29, 1.82) is 0 Å². The Bertz CT molecular complexity index is 426. The number of nitrogens with one attached hydrogen (secondary N) is 2. The maximum Gasteiger partial charge on any atom is 0.271 e. The third kappa shape index (κ3) is 3.68. The van der Waals surface area contributed by atoms with Crippen molar-refractivity contribution in [2.24, 2.45) is 5.92 Å². The molecule has 1 amide bonds. The molecular formula is C15H24N4O. The minimum absolute atomic E-state index is 0.113. The number of amides is 1. The van der Waals surface area contributed by atoms with Crippen molar-refractivity contribution < 1.29 is 4.79 Å². The van der Waals surface area contributed by atoms with Gasteiger partial charge in [-0.1, -0.05) is 26.2 Å². The van der Waals surface area contributed by atoms with Gasteiger partial charge in [0.1, 0.15) is 11.5 Å². The van der Waals surface area contributed by atoms with Gasteiger partial charge in [-0.2, -0.15) is 0 Å². The normalized spacial score (nSPS) is 17.5. The summed E-state index contributed by atoms with van der Waals surface area (Å²) < 4.78 is 0. The lowest BCUT2D eigenvalue weighted by atomic mass is 9.83. The highest BCUT2D eigenvalue weighted by molar-refractivity contribution is 5.92. The summed E-state index contributed by atoms with van der Waals surface area (Å²) in [5.41, 5.74) is 0.387. The lowest BCUT2D eigenvalue weighted by molar-refractivity contribution is 0.0905. The van der Waals surface area contributed by atoms with Gasteiger partial charge in [0.15, 0.2) is 0 Å². The van der Waals surface area contributed by atoms with Gasteiger partial charge in [0, 0.05) is 13.1 Å². The van der Waals surface area contributed by atoms with Gasteiger partial charge in [-0.25, -0.2) is 9.97 Å². The van der Waals surface area contributed by atoms with Crippen LogP contribution in [0.25, 0.3) is 0 Å². The summed E-state index contributed by atoms with van der Waals surface area (Å²) in [6.45, 7) is 2.13. The Kier molecular flexibility index (Phi) is 5.32. The average Bonchev–Trinajstić information content (AvgIpc) is 2.53. The molecule has 5 nitrogen and oxygen atoms in total.